The molecular formula is C20H28N2O2. The molecule has 0 unspecified atom stereocenters. The molecule has 1 aromatic rings. The predicted molar refractivity (Wildman–Crippen MR) is 96.0 cm³/mol. The highest BCUT2D eigenvalue weighted by molar-refractivity contribution is 6.03. The highest BCUT2D eigenvalue weighted by Crippen LogP contribution is 2.28. The third kappa shape index (κ3) is 5.08. The van der Waals surface area contributed by atoms with Gasteiger partial charge in [0, 0.05) is 12.5 Å². The van der Waals surface area contributed by atoms with Gasteiger partial charge in [0.1, 0.15) is 0 Å². The molecule has 1 aromatic carbocycles. The molecule has 2 N–H and O–H groups in total. The molecule has 0 atom stereocenters. The third-order valence-corrected chi connectivity index (χ3v) is 5.10. The fourth-order valence-electron chi connectivity index (χ4n) is 3.52. The number of nitrogens with one attached hydrogen (secondary N) is 2. The molecule has 0 aliphatic heterocycles. The average Bonchev–Trinajstić information content (AvgIpc) is 3.40. The van der Waals surface area contributed by atoms with Gasteiger partial charge >= 0.3 is 0 Å². The summed E-state index contributed by atoms with van der Waals surface area (Å²) in [5, 5.41) is 5.90. The van der Waals surface area contributed by atoms with Crippen LogP contribution in [-0.4, -0.2) is 17.9 Å². The summed E-state index contributed by atoms with van der Waals surface area (Å²) in [6.45, 7) is 0. The van der Waals surface area contributed by atoms with Crippen LogP contribution >= 0.6 is 0 Å². The Morgan fingerprint density at radius 1 is 1.00 bits per heavy atom. The zero-order valence-corrected chi connectivity index (χ0v) is 14.4. The van der Waals surface area contributed by atoms with Gasteiger partial charge in [-0.1, -0.05) is 44.2 Å². The molecule has 0 saturated heterocycles. The molecule has 130 valence electrons. The number of amides is 2. The van der Waals surface area contributed by atoms with E-state index in [1.165, 1.54) is 32.1 Å². The second-order valence-electron chi connectivity index (χ2n) is 7.24. The average molecular weight is 328 g/mol. The van der Waals surface area contributed by atoms with E-state index in [1.807, 2.05) is 12.1 Å². The maximum absolute atomic E-state index is 12.3. The van der Waals surface area contributed by atoms with Gasteiger partial charge in [0.05, 0.1) is 11.3 Å². The molecule has 2 aliphatic rings. The number of benzene rings is 1. The SMILES string of the molecule is O=C(CCCC1CCCCC1)Nc1ccccc1C(=O)NC1CC1. The zero-order chi connectivity index (χ0) is 16.8. The molecule has 24 heavy (non-hydrogen) atoms. The number of para-hydroxylation sites is 1. The van der Waals surface area contributed by atoms with Gasteiger partial charge in [0.15, 0.2) is 0 Å². The Balaban J connectivity index is 1.47. The van der Waals surface area contributed by atoms with E-state index in [4.69, 9.17) is 0 Å². The monoisotopic (exact) mass is 328 g/mol. The smallest absolute Gasteiger partial charge is 0.253 e. The van der Waals surface area contributed by atoms with Gasteiger partial charge in [0.25, 0.3) is 5.91 Å². The number of carbonyl (C=O) groups is 2. The van der Waals surface area contributed by atoms with Gasteiger partial charge < -0.3 is 10.6 Å². The van der Waals surface area contributed by atoms with Crippen LogP contribution in [-0.2, 0) is 4.79 Å². The number of carbonyl (C=O) groups excluding carboxylic acids is 2. The van der Waals surface area contributed by atoms with Crippen molar-refractivity contribution in [2.24, 2.45) is 5.92 Å². The fourth-order valence-corrected chi connectivity index (χ4v) is 3.52. The lowest BCUT2D eigenvalue weighted by Gasteiger charge is -2.21. The Morgan fingerprint density at radius 3 is 2.50 bits per heavy atom. The van der Waals surface area contributed by atoms with Crippen LogP contribution in [0.3, 0.4) is 0 Å². The minimum absolute atomic E-state index is 0.0116. The molecule has 0 radical (unpaired) electrons. The van der Waals surface area contributed by atoms with E-state index in [2.05, 4.69) is 10.6 Å². The van der Waals surface area contributed by atoms with Crippen molar-refractivity contribution < 1.29 is 9.59 Å². The van der Waals surface area contributed by atoms with Gasteiger partial charge in [0.2, 0.25) is 5.91 Å². The maximum atomic E-state index is 12.3. The summed E-state index contributed by atoms with van der Waals surface area (Å²) in [7, 11) is 0. The Bertz CT molecular complexity index is 575. The largest absolute Gasteiger partial charge is 0.349 e. The summed E-state index contributed by atoms with van der Waals surface area (Å²) < 4.78 is 0. The predicted octanol–water partition coefficient (Wildman–Crippen LogP) is 4.27. The van der Waals surface area contributed by atoms with E-state index in [0.717, 1.165) is 31.6 Å². The standard InChI is InChI=1S/C20H28N2O2/c23-19(12-6-9-15-7-2-1-3-8-15)22-18-11-5-4-10-17(18)20(24)21-16-13-14-16/h4-5,10-11,15-16H,1-3,6-9,12-14H2,(H,21,24)(H,22,23). The van der Waals surface area contributed by atoms with E-state index in [1.54, 1.807) is 12.1 Å². The highest BCUT2D eigenvalue weighted by atomic mass is 16.2. The van der Waals surface area contributed by atoms with E-state index in [0.29, 0.717) is 23.7 Å². The Labute approximate surface area is 144 Å². The molecule has 2 fully saturated rings. The zero-order valence-electron chi connectivity index (χ0n) is 14.4. The minimum Gasteiger partial charge on any atom is -0.349 e. The van der Waals surface area contributed by atoms with E-state index < -0.39 is 0 Å². The van der Waals surface area contributed by atoms with Crippen LogP contribution in [0.1, 0.15) is 74.6 Å². The first-order chi connectivity index (χ1) is 11.7. The van der Waals surface area contributed by atoms with E-state index >= 15 is 0 Å². The minimum atomic E-state index is -0.0874. The van der Waals surface area contributed by atoms with Gasteiger partial charge in [-0.2, -0.15) is 0 Å². The van der Waals surface area contributed by atoms with E-state index in [-0.39, 0.29) is 11.8 Å². The summed E-state index contributed by atoms with van der Waals surface area (Å²) >= 11 is 0. The first-order valence-electron chi connectivity index (χ1n) is 9.42. The fraction of sp³-hybridized carbons (Fsp3) is 0.600. The summed E-state index contributed by atoms with van der Waals surface area (Å²) in [6, 6.07) is 7.58. The highest BCUT2D eigenvalue weighted by Gasteiger charge is 2.25. The lowest BCUT2D eigenvalue weighted by Crippen LogP contribution is -2.27. The molecule has 4 heteroatoms. The van der Waals surface area contributed by atoms with Crippen molar-refractivity contribution in [3.05, 3.63) is 29.8 Å². The van der Waals surface area contributed by atoms with Crippen molar-refractivity contribution >= 4 is 17.5 Å². The maximum Gasteiger partial charge on any atom is 0.253 e. The van der Waals surface area contributed by atoms with Crippen LogP contribution in [0, 0.1) is 5.92 Å². The van der Waals surface area contributed by atoms with Crippen molar-refractivity contribution in [1.82, 2.24) is 5.32 Å². The van der Waals surface area contributed by atoms with Crippen molar-refractivity contribution in [1.29, 1.82) is 0 Å². The van der Waals surface area contributed by atoms with Gasteiger partial charge in [-0.25, -0.2) is 0 Å². The van der Waals surface area contributed by atoms with Crippen molar-refractivity contribution in [2.45, 2.75) is 70.3 Å². The van der Waals surface area contributed by atoms with Crippen molar-refractivity contribution in [2.75, 3.05) is 5.32 Å². The number of rotatable bonds is 7. The molecule has 0 bridgehead atoms. The second kappa shape index (κ2) is 8.32. The summed E-state index contributed by atoms with van der Waals surface area (Å²) in [5.41, 5.74) is 1.18. The van der Waals surface area contributed by atoms with Crippen LogP contribution in [0.2, 0.25) is 0 Å². The second-order valence-corrected chi connectivity index (χ2v) is 7.24. The molecule has 0 aromatic heterocycles. The summed E-state index contributed by atoms with van der Waals surface area (Å²) in [4.78, 5) is 24.5. The molecular weight excluding hydrogens is 300 g/mol. The Hall–Kier alpha value is -1.84. The third-order valence-electron chi connectivity index (χ3n) is 5.10. The van der Waals surface area contributed by atoms with Gasteiger partial charge in [-0.05, 0) is 43.7 Å². The van der Waals surface area contributed by atoms with Crippen molar-refractivity contribution in [3.63, 3.8) is 0 Å². The van der Waals surface area contributed by atoms with Crippen LogP contribution in [0.4, 0.5) is 5.69 Å². The molecule has 0 spiro atoms. The van der Waals surface area contributed by atoms with E-state index in [9.17, 15) is 9.59 Å². The van der Waals surface area contributed by atoms with Gasteiger partial charge in [-0.3, -0.25) is 9.59 Å². The van der Waals surface area contributed by atoms with Crippen LogP contribution in [0.5, 0.6) is 0 Å². The first-order valence-corrected chi connectivity index (χ1v) is 9.42. The lowest BCUT2D eigenvalue weighted by atomic mass is 9.86. The van der Waals surface area contributed by atoms with Crippen LogP contribution in [0.15, 0.2) is 24.3 Å². The molecule has 4 nitrogen and oxygen atoms in total. The topological polar surface area (TPSA) is 58.2 Å². The first kappa shape index (κ1) is 17.0. The molecule has 0 heterocycles. The molecule has 2 aliphatic carbocycles. The lowest BCUT2D eigenvalue weighted by molar-refractivity contribution is -0.116. The van der Waals surface area contributed by atoms with Crippen LogP contribution < -0.4 is 10.6 Å². The quantitative estimate of drug-likeness (QED) is 0.785. The normalized spacial score (nSPS) is 18.2. The number of hydrogen-bond donors (Lipinski definition) is 2. The van der Waals surface area contributed by atoms with Gasteiger partial charge in [-0.15, -0.1) is 0 Å². The number of hydrogen-bond acceptors (Lipinski definition) is 2. The summed E-state index contributed by atoms with van der Waals surface area (Å²) in [5.74, 6) is 0.733. The van der Waals surface area contributed by atoms with Crippen molar-refractivity contribution in [3.8, 4) is 0 Å². The Kier molecular flexibility index (Phi) is 5.89. The Morgan fingerprint density at radius 2 is 1.75 bits per heavy atom. The molecule has 2 amide bonds. The number of anilines is 1. The van der Waals surface area contributed by atoms with Crippen LogP contribution in [0.25, 0.3) is 0 Å². The summed E-state index contributed by atoms with van der Waals surface area (Å²) in [6.07, 6.45) is 11.5. The molecule has 3 rings (SSSR count). The molecule has 2 saturated carbocycles.